The smallest absolute Gasteiger partial charge is 0.269 e. The van der Waals surface area contributed by atoms with Crippen LogP contribution in [0.2, 0.25) is 0 Å². The van der Waals surface area contributed by atoms with Gasteiger partial charge in [0.1, 0.15) is 0 Å². The van der Waals surface area contributed by atoms with Gasteiger partial charge in [-0.3, -0.25) is 4.57 Å². The van der Waals surface area contributed by atoms with E-state index in [4.69, 9.17) is 4.52 Å². The molecule has 3 nitrogen and oxygen atoms in total. The van der Waals surface area contributed by atoms with Crippen molar-refractivity contribution in [1.82, 2.24) is 5.09 Å². The van der Waals surface area contributed by atoms with Crippen LogP contribution >= 0.6 is 7.52 Å². The highest BCUT2D eigenvalue weighted by atomic mass is 31.2. The van der Waals surface area contributed by atoms with Crippen LogP contribution in [-0.4, -0.2) is 19.3 Å². The van der Waals surface area contributed by atoms with E-state index in [0.717, 1.165) is 25.8 Å². The Labute approximate surface area is 196 Å². The van der Waals surface area contributed by atoms with Gasteiger partial charge in [0.2, 0.25) is 0 Å². The number of hydrogen-bond acceptors (Lipinski definition) is 2. The largest absolute Gasteiger partial charge is 0.318 e. The van der Waals surface area contributed by atoms with Crippen molar-refractivity contribution in [2.75, 3.05) is 19.3 Å². The van der Waals surface area contributed by atoms with Crippen LogP contribution in [0.3, 0.4) is 0 Å². The zero-order valence-corrected chi connectivity index (χ0v) is 22.6. The normalized spacial score (nSPS) is 13.5. The lowest BCUT2D eigenvalue weighted by Crippen LogP contribution is -2.17. The van der Waals surface area contributed by atoms with Crippen molar-refractivity contribution in [3.05, 3.63) is 0 Å². The Hall–Kier alpha value is 0.150. The molecule has 31 heavy (non-hydrogen) atoms. The Morgan fingerprint density at radius 3 is 1.39 bits per heavy atom. The molecule has 0 aliphatic carbocycles. The van der Waals surface area contributed by atoms with Crippen LogP contribution in [0.1, 0.15) is 156 Å². The van der Waals surface area contributed by atoms with E-state index in [9.17, 15) is 4.57 Å². The molecule has 0 bridgehead atoms. The average molecular weight is 460 g/mol. The van der Waals surface area contributed by atoms with Crippen LogP contribution in [-0.2, 0) is 9.09 Å². The van der Waals surface area contributed by atoms with Crippen LogP contribution in [0.5, 0.6) is 0 Å². The average Bonchev–Trinajstić information content (AvgIpc) is 2.77. The number of hydrogen-bond donors (Lipinski definition) is 1. The Bertz CT molecular complexity index is 365. The minimum atomic E-state index is -2.66. The minimum Gasteiger partial charge on any atom is -0.318 e. The van der Waals surface area contributed by atoms with E-state index in [-0.39, 0.29) is 0 Å². The molecule has 0 saturated heterocycles. The molecule has 4 heteroatoms. The van der Waals surface area contributed by atoms with Crippen LogP contribution in [0, 0.1) is 0 Å². The second-order valence-electron chi connectivity index (χ2n) is 9.50. The standard InChI is InChI=1S/C27H58NO2P/c1-4-7-10-13-16-19-22-25-28-31(29,27-24-21-18-15-12-9-6-3)30-26-23-20-17-14-11-8-5-2/h4-27H2,1-3H3,(H,28,29). The molecule has 0 aromatic rings. The summed E-state index contributed by atoms with van der Waals surface area (Å²) in [6, 6.07) is 0. The van der Waals surface area contributed by atoms with Crippen molar-refractivity contribution in [2.24, 2.45) is 0 Å². The van der Waals surface area contributed by atoms with Crippen molar-refractivity contribution in [1.29, 1.82) is 0 Å². The second-order valence-corrected chi connectivity index (χ2v) is 11.9. The van der Waals surface area contributed by atoms with Crippen molar-refractivity contribution in [3.63, 3.8) is 0 Å². The summed E-state index contributed by atoms with van der Waals surface area (Å²) in [7, 11) is -2.66. The molecule has 0 rings (SSSR count). The van der Waals surface area contributed by atoms with Gasteiger partial charge in [-0.05, 0) is 19.3 Å². The van der Waals surface area contributed by atoms with E-state index < -0.39 is 7.52 Å². The molecule has 1 N–H and O–H groups in total. The number of rotatable bonds is 26. The Morgan fingerprint density at radius 2 is 0.903 bits per heavy atom. The number of unbranched alkanes of at least 4 members (excludes halogenated alkanes) is 18. The third-order valence-corrected chi connectivity index (χ3v) is 8.45. The molecular weight excluding hydrogens is 401 g/mol. The Kier molecular flexibility index (Phi) is 24.9. The molecule has 1 atom stereocenters. The van der Waals surface area contributed by atoms with Gasteiger partial charge in [-0.1, -0.05) is 136 Å². The van der Waals surface area contributed by atoms with E-state index in [1.165, 1.54) is 116 Å². The van der Waals surface area contributed by atoms with E-state index in [0.29, 0.717) is 12.8 Å². The molecule has 1 unspecified atom stereocenters. The van der Waals surface area contributed by atoms with Gasteiger partial charge in [-0.25, -0.2) is 5.09 Å². The third-order valence-electron chi connectivity index (χ3n) is 6.24. The van der Waals surface area contributed by atoms with Gasteiger partial charge in [-0.2, -0.15) is 0 Å². The summed E-state index contributed by atoms with van der Waals surface area (Å²) in [4.78, 5) is 0. The van der Waals surface area contributed by atoms with Crippen LogP contribution in [0.15, 0.2) is 0 Å². The van der Waals surface area contributed by atoms with Gasteiger partial charge < -0.3 is 4.52 Å². The minimum absolute atomic E-state index is 0.658. The van der Waals surface area contributed by atoms with E-state index in [1.807, 2.05) is 0 Å². The summed E-state index contributed by atoms with van der Waals surface area (Å²) in [6.45, 7) is 8.29. The molecule has 0 radical (unpaired) electrons. The Balaban J connectivity index is 4.05. The molecule has 0 spiro atoms. The van der Waals surface area contributed by atoms with Crippen molar-refractivity contribution >= 4 is 7.52 Å². The fourth-order valence-electron chi connectivity index (χ4n) is 4.07. The SMILES string of the molecule is CCCCCCCCCNP(=O)(CCCCCCCCC)OCCCCCCCCC. The van der Waals surface area contributed by atoms with Crippen LogP contribution in [0.4, 0.5) is 0 Å². The summed E-state index contributed by atoms with van der Waals surface area (Å²) in [5.74, 6) is 0. The molecule has 0 aromatic carbocycles. The lowest BCUT2D eigenvalue weighted by molar-refractivity contribution is 0.293. The molecule has 0 fully saturated rings. The first-order chi connectivity index (χ1) is 15.2. The van der Waals surface area contributed by atoms with Crippen molar-refractivity contribution in [2.45, 2.75) is 156 Å². The highest BCUT2D eigenvalue weighted by Crippen LogP contribution is 2.43. The topological polar surface area (TPSA) is 38.3 Å². The fourth-order valence-corrected chi connectivity index (χ4v) is 6.01. The molecule has 0 aliphatic heterocycles. The second kappa shape index (κ2) is 24.8. The maximum atomic E-state index is 13.4. The lowest BCUT2D eigenvalue weighted by atomic mass is 10.1. The zero-order valence-electron chi connectivity index (χ0n) is 21.7. The summed E-state index contributed by atoms with van der Waals surface area (Å²) >= 11 is 0. The van der Waals surface area contributed by atoms with E-state index >= 15 is 0 Å². The third kappa shape index (κ3) is 23.1. The van der Waals surface area contributed by atoms with Crippen molar-refractivity contribution in [3.8, 4) is 0 Å². The van der Waals surface area contributed by atoms with Gasteiger partial charge in [0, 0.05) is 12.7 Å². The molecule has 188 valence electrons. The van der Waals surface area contributed by atoms with E-state index in [1.54, 1.807) is 0 Å². The van der Waals surface area contributed by atoms with E-state index in [2.05, 4.69) is 25.9 Å². The summed E-state index contributed by atoms with van der Waals surface area (Å²) in [5, 5.41) is 3.36. The first-order valence-corrected chi connectivity index (χ1v) is 16.0. The molecule has 0 saturated carbocycles. The maximum absolute atomic E-state index is 13.4. The van der Waals surface area contributed by atoms with Gasteiger partial charge in [0.25, 0.3) is 7.52 Å². The fraction of sp³-hybridized carbons (Fsp3) is 1.00. The lowest BCUT2D eigenvalue weighted by Gasteiger charge is -2.20. The van der Waals surface area contributed by atoms with Crippen molar-refractivity contribution < 1.29 is 9.09 Å². The predicted molar refractivity (Wildman–Crippen MR) is 140 cm³/mol. The van der Waals surface area contributed by atoms with Gasteiger partial charge in [0.15, 0.2) is 0 Å². The van der Waals surface area contributed by atoms with Crippen LogP contribution < -0.4 is 5.09 Å². The number of nitrogens with one attached hydrogen (secondary N) is 1. The van der Waals surface area contributed by atoms with Gasteiger partial charge in [0.05, 0.1) is 6.61 Å². The Morgan fingerprint density at radius 1 is 0.516 bits per heavy atom. The first kappa shape index (κ1) is 31.1. The molecule has 0 aromatic heterocycles. The zero-order chi connectivity index (χ0) is 22.9. The van der Waals surface area contributed by atoms with Crippen LogP contribution in [0.25, 0.3) is 0 Å². The molecule has 0 aliphatic rings. The quantitative estimate of drug-likeness (QED) is 0.103. The van der Waals surface area contributed by atoms with Gasteiger partial charge >= 0.3 is 0 Å². The maximum Gasteiger partial charge on any atom is 0.269 e. The molecular formula is C27H58NO2P. The summed E-state index contributed by atoms with van der Waals surface area (Å²) in [6.07, 6.45) is 27.5. The molecule has 0 amide bonds. The summed E-state index contributed by atoms with van der Waals surface area (Å²) < 4.78 is 19.4. The molecule has 0 heterocycles. The highest BCUT2D eigenvalue weighted by Gasteiger charge is 2.21. The van der Waals surface area contributed by atoms with Gasteiger partial charge in [-0.15, -0.1) is 0 Å². The first-order valence-electron chi connectivity index (χ1n) is 14.2. The predicted octanol–water partition coefficient (Wildman–Crippen LogP) is 10.0. The highest BCUT2D eigenvalue weighted by molar-refractivity contribution is 7.56. The monoisotopic (exact) mass is 459 g/mol. The summed E-state index contributed by atoms with van der Waals surface area (Å²) in [5.41, 5.74) is 0.